The van der Waals surface area contributed by atoms with Crippen LogP contribution in [-0.4, -0.2) is 27.0 Å². The fourth-order valence-corrected chi connectivity index (χ4v) is 5.62. The minimum Gasteiger partial charge on any atom is -0.308 e. The van der Waals surface area contributed by atoms with E-state index >= 15 is 0 Å². The molecular formula is C24H15BrN4O2S. The number of likely N-dealkylation sites (N-methyl/N-ethyl adjacent to an activating group) is 1. The van der Waals surface area contributed by atoms with E-state index < -0.39 is 0 Å². The third-order valence-corrected chi connectivity index (χ3v) is 7.23. The number of carbonyl (C=O) groups is 1. The molecular weight excluding hydrogens is 488 g/mol. The molecule has 0 unspecified atom stereocenters. The van der Waals surface area contributed by atoms with Crippen molar-refractivity contribution in [2.45, 2.75) is 6.92 Å². The first-order valence-electron chi connectivity index (χ1n) is 10.1. The summed E-state index contributed by atoms with van der Waals surface area (Å²) in [6.45, 7) is 2.45. The maximum atomic E-state index is 13.3. The van der Waals surface area contributed by atoms with Crippen molar-refractivity contribution in [3.8, 4) is 11.4 Å². The molecule has 3 aromatic carbocycles. The normalized spacial score (nSPS) is 15.2. The number of nitrogens with zero attached hydrogens (tertiary/aromatic N) is 4. The highest BCUT2D eigenvalue weighted by molar-refractivity contribution is 9.10. The molecule has 0 aliphatic carbocycles. The zero-order chi connectivity index (χ0) is 22.0. The lowest BCUT2D eigenvalue weighted by Gasteiger charge is -2.13. The molecule has 6 rings (SSSR count). The highest BCUT2D eigenvalue weighted by Gasteiger charge is 2.33. The van der Waals surface area contributed by atoms with Crippen LogP contribution >= 0.6 is 27.3 Å². The van der Waals surface area contributed by atoms with E-state index in [1.54, 1.807) is 4.90 Å². The summed E-state index contributed by atoms with van der Waals surface area (Å²) in [5.74, 6) is 0.328. The van der Waals surface area contributed by atoms with Crippen LogP contribution in [0, 0.1) is 0 Å². The molecule has 2 aromatic heterocycles. The predicted molar refractivity (Wildman–Crippen MR) is 130 cm³/mol. The molecule has 32 heavy (non-hydrogen) atoms. The van der Waals surface area contributed by atoms with Crippen LogP contribution < -0.4 is 15.0 Å². The Morgan fingerprint density at radius 1 is 1.00 bits per heavy atom. The molecule has 0 spiro atoms. The Labute approximate surface area is 194 Å². The fraction of sp³-hybridized carbons (Fsp3) is 0.0833. The number of benzene rings is 3. The van der Waals surface area contributed by atoms with Crippen LogP contribution in [0.2, 0.25) is 0 Å². The molecule has 0 saturated heterocycles. The summed E-state index contributed by atoms with van der Waals surface area (Å²) in [5, 5.41) is 6.63. The van der Waals surface area contributed by atoms with Crippen LogP contribution in [0.15, 0.2) is 69.9 Å². The second-order valence-corrected chi connectivity index (χ2v) is 9.37. The Morgan fingerprint density at radius 2 is 1.81 bits per heavy atom. The van der Waals surface area contributed by atoms with Gasteiger partial charge in [-0.05, 0) is 35.9 Å². The second-order valence-electron chi connectivity index (χ2n) is 7.48. The molecule has 0 N–H and O–H groups in total. The summed E-state index contributed by atoms with van der Waals surface area (Å²) in [6, 6.07) is 19.6. The lowest BCUT2D eigenvalue weighted by Crippen LogP contribution is -2.32. The summed E-state index contributed by atoms with van der Waals surface area (Å²) in [7, 11) is 0. The van der Waals surface area contributed by atoms with Crippen molar-refractivity contribution < 1.29 is 4.79 Å². The van der Waals surface area contributed by atoms with Crippen LogP contribution in [-0.2, 0) is 4.79 Å². The zero-order valence-corrected chi connectivity index (χ0v) is 19.3. The third-order valence-electron chi connectivity index (χ3n) is 5.71. The van der Waals surface area contributed by atoms with Crippen molar-refractivity contribution in [3.63, 3.8) is 0 Å². The molecule has 156 valence electrons. The average molecular weight is 503 g/mol. The van der Waals surface area contributed by atoms with Gasteiger partial charge in [-0.3, -0.25) is 9.59 Å². The number of thiazole rings is 1. The van der Waals surface area contributed by atoms with E-state index in [9.17, 15) is 9.59 Å². The molecule has 1 amide bonds. The van der Waals surface area contributed by atoms with Gasteiger partial charge in [0.25, 0.3) is 11.5 Å². The van der Waals surface area contributed by atoms with E-state index in [0.717, 1.165) is 32.1 Å². The van der Waals surface area contributed by atoms with Gasteiger partial charge < -0.3 is 4.90 Å². The average Bonchev–Trinajstić information content (AvgIpc) is 3.43. The number of aromatic nitrogens is 3. The Kier molecular flexibility index (Phi) is 4.28. The van der Waals surface area contributed by atoms with Crippen LogP contribution in [0.3, 0.4) is 0 Å². The first kappa shape index (κ1) is 19.3. The number of fused-ring (bicyclic) bond motifs is 3. The molecule has 0 atom stereocenters. The predicted octanol–water partition coefficient (Wildman–Crippen LogP) is 4.02. The van der Waals surface area contributed by atoms with Gasteiger partial charge in [-0.2, -0.15) is 9.50 Å². The number of hydrogen-bond donors (Lipinski definition) is 0. The van der Waals surface area contributed by atoms with E-state index in [1.165, 1.54) is 15.9 Å². The Morgan fingerprint density at radius 3 is 2.62 bits per heavy atom. The molecule has 0 saturated carbocycles. The molecule has 8 heteroatoms. The smallest absolute Gasteiger partial charge is 0.291 e. The van der Waals surface area contributed by atoms with Crippen molar-refractivity contribution in [1.29, 1.82) is 0 Å². The van der Waals surface area contributed by atoms with E-state index in [-0.39, 0.29) is 11.5 Å². The van der Waals surface area contributed by atoms with E-state index in [4.69, 9.17) is 0 Å². The van der Waals surface area contributed by atoms with Crippen molar-refractivity contribution in [3.05, 3.63) is 85.6 Å². The van der Waals surface area contributed by atoms with Crippen LogP contribution in [0.4, 0.5) is 5.69 Å². The van der Waals surface area contributed by atoms with Gasteiger partial charge in [0, 0.05) is 22.1 Å². The van der Waals surface area contributed by atoms with Gasteiger partial charge in [-0.15, -0.1) is 5.10 Å². The van der Waals surface area contributed by atoms with E-state index in [0.29, 0.717) is 27.4 Å². The Hall–Kier alpha value is -3.36. The molecule has 6 nitrogen and oxygen atoms in total. The monoisotopic (exact) mass is 502 g/mol. The van der Waals surface area contributed by atoms with Gasteiger partial charge in [0.05, 0.1) is 11.3 Å². The summed E-state index contributed by atoms with van der Waals surface area (Å²) in [6.07, 6.45) is 0. The molecule has 0 radical (unpaired) electrons. The minimum atomic E-state index is -0.323. The van der Waals surface area contributed by atoms with Gasteiger partial charge in [0.15, 0.2) is 5.82 Å². The standard InChI is InChI=1S/C24H15BrN4O2S/c1-2-28-18-11-10-14(25)12-17(18)19(22(28)30)20-23(31)29-24(32-20)26-21(27-29)16-9-5-7-13-6-3-4-8-15(13)16/h3-12H,2H2,1H3. The quantitative estimate of drug-likeness (QED) is 0.365. The highest BCUT2D eigenvalue weighted by Crippen LogP contribution is 2.37. The number of carbonyl (C=O) groups excluding carboxylic acids is 1. The van der Waals surface area contributed by atoms with Gasteiger partial charge in [-0.1, -0.05) is 69.7 Å². The van der Waals surface area contributed by atoms with Crippen LogP contribution in [0.1, 0.15) is 12.5 Å². The van der Waals surface area contributed by atoms with Gasteiger partial charge >= 0.3 is 0 Å². The summed E-state index contributed by atoms with van der Waals surface area (Å²) < 4.78 is 2.53. The molecule has 1 aliphatic heterocycles. The lowest BCUT2D eigenvalue weighted by atomic mass is 10.0. The molecule has 5 aromatic rings. The van der Waals surface area contributed by atoms with Crippen LogP contribution in [0.25, 0.3) is 32.7 Å². The first-order valence-corrected chi connectivity index (χ1v) is 11.7. The number of rotatable bonds is 2. The molecule has 0 fully saturated rings. The molecule has 1 aliphatic rings. The summed E-state index contributed by atoms with van der Waals surface area (Å²) in [5.41, 5.74) is 2.53. The zero-order valence-electron chi connectivity index (χ0n) is 16.9. The maximum Gasteiger partial charge on any atom is 0.291 e. The second kappa shape index (κ2) is 7.08. The van der Waals surface area contributed by atoms with Crippen LogP contribution in [0.5, 0.6) is 0 Å². The highest BCUT2D eigenvalue weighted by atomic mass is 79.9. The Balaban J connectivity index is 1.60. The first-order chi connectivity index (χ1) is 15.6. The fourth-order valence-electron chi connectivity index (χ4n) is 4.26. The van der Waals surface area contributed by atoms with E-state index in [2.05, 4.69) is 26.0 Å². The van der Waals surface area contributed by atoms with Crippen molar-refractivity contribution in [2.75, 3.05) is 11.4 Å². The topological polar surface area (TPSA) is 67.6 Å². The lowest BCUT2D eigenvalue weighted by molar-refractivity contribution is -0.113. The Bertz CT molecular complexity index is 1680. The summed E-state index contributed by atoms with van der Waals surface area (Å²) >= 11 is 4.68. The minimum absolute atomic E-state index is 0.170. The number of hydrogen-bond acceptors (Lipinski definition) is 5. The van der Waals surface area contributed by atoms with Crippen molar-refractivity contribution in [1.82, 2.24) is 14.6 Å². The SMILES string of the molecule is CCN1C(=O)C(=c2sc3nc(-c4cccc5ccccc45)nn3c2=O)c2cc(Br)ccc21. The third kappa shape index (κ3) is 2.69. The molecule has 0 bridgehead atoms. The van der Waals surface area contributed by atoms with E-state index in [1.807, 2.05) is 67.6 Å². The van der Waals surface area contributed by atoms with Gasteiger partial charge in [0.2, 0.25) is 4.96 Å². The number of anilines is 1. The number of amides is 1. The van der Waals surface area contributed by atoms with Crippen molar-refractivity contribution in [2.24, 2.45) is 0 Å². The maximum absolute atomic E-state index is 13.3. The van der Waals surface area contributed by atoms with Gasteiger partial charge in [-0.25, -0.2) is 0 Å². The van der Waals surface area contributed by atoms with Gasteiger partial charge in [0.1, 0.15) is 4.53 Å². The largest absolute Gasteiger partial charge is 0.308 e. The van der Waals surface area contributed by atoms with Crippen molar-refractivity contribution >= 4 is 60.2 Å². The molecule has 3 heterocycles. The number of halogens is 1. The summed E-state index contributed by atoms with van der Waals surface area (Å²) in [4.78, 5) is 33.3.